The summed E-state index contributed by atoms with van der Waals surface area (Å²) in [5, 5.41) is 16.4. The summed E-state index contributed by atoms with van der Waals surface area (Å²) >= 11 is 8.68. The van der Waals surface area contributed by atoms with Crippen molar-refractivity contribution in [3.8, 4) is 0 Å². The summed E-state index contributed by atoms with van der Waals surface area (Å²) in [4.78, 5) is 22.9. The molecule has 1 amide bonds. The van der Waals surface area contributed by atoms with Gasteiger partial charge in [-0.25, -0.2) is 0 Å². The molecular formula is C19H20BrN3O3S. The van der Waals surface area contributed by atoms with Crippen molar-refractivity contribution in [1.29, 1.82) is 0 Å². The number of nitro groups is 1. The fraction of sp³-hybridized carbons (Fsp3) is 0.263. The Morgan fingerprint density at radius 2 is 1.85 bits per heavy atom. The van der Waals surface area contributed by atoms with Crippen molar-refractivity contribution < 1.29 is 9.72 Å². The molecule has 0 aliphatic heterocycles. The lowest BCUT2D eigenvalue weighted by atomic mass is 9.86. The Morgan fingerprint density at radius 1 is 1.19 bits per heavy atom. The van der Waals surface area contributed by atoms with Crippen molar-refractivity contribution >= 4 is 50.5 Å². The number of benzene rings is 2. The first-order valence-electron chi connectivity index (χ1n) is 8.16. The molecule has 0 radical (unpaired) electrons. The van der Waals surface area contributed by atoms with Gasteiger partial charge in [-0.2, -0.15) is 0 Å². The summed E-state index contributed by atoms with van der Waals surface area (Å²) in [6.07, 6.45) is 0. The largest absolute Gasteiger partial charge is 0.332 e. The van der Waals surface area contributed by atoms with Gasteiger partial charge in [0, 0.05) is 27.9 Å². The Kier molecular flexibility index (Phi) is 6.33. The maximum Gasteiger partial charge on any atom is 0.271 e. The van der Waals surface area contributed by atoms with E-state index in [-0.39, 0.29) is 22.1 Å². The minimum atomic E-state index is -0.486. The highest BCUT2D eigenvalue weighted by atomic mass is 79.9. The van der Waals surface area contributed by atoms with Gasteiger partial charge in [0.15, 0.2) is 5.11 Å². The number of thiocarbonyl (C=S) groups is 1. The number of hydrogen-bond donors (Lipinski definition) is 2. The molecule has 0 saturated carbocycles. The number of anilines is 1. The van der Waals surface area contributed by atoms with Gasteiger partial charge in [0.1, 0.15) is 0 Å². The Morgan fingerprint density at radius 3 is 2.41 bits per heavy atom. The van der Waals surface area contributed by atoms with Crippen LogP contribution >= 0.6 is 28.1 Å². The molecule has 0 aliphatic carbocycles. The number of carbonyl (C=O) groups excluding carboxylic acids is 1. The quantitative estimate of drug-likeness (QED) is 0.387. The Labute approximate surface area is 171 Å². The van der Waals surface area contributed by atoms with Crippen molar-refractivity contribution in [3.05, 3.63) is 67.7 Å². The number of hydrogen-bond acceptors (Lipinski definition) is 4. The van der Waals surface area contributed by atoms with Crippen molar-refractivity contribution in [3.63, 3.8) is 0 Å². The number of nitrogens with zero attached hydrogens (tertiary/aromatic N) is 1. The van der Waals surface area contributed by atoms with Gasteiger partial charge in [0.25, 0.3) is 11.6 Å². The molecule has 0 spiro atoms. The number of non-ortho nitro benzene ring substituents is 1. The van der Waals surface area contributed by atoms with Crippen LogP contribution < -0.4 is 10.6 Å². The summed E-state index contributed by atoms with van der Waals surface area (Å²) in [5.74, 6) is -0.364. The maximum absolute atomic E-state index is 12.5. The molecule has 0 saturated heterocycles. The van der Waals surface area contributed by atoms with E-state index >= 15 is 0 Å². The van der Waals surface area contributed by atoms with E-state index in [0.717, 1.165) is 15.6 Å². The van der Waals surface area contributed by atoms with Crippen LogP contribution in [0.2, 0.25) is 0 Å². The molecule has 2 aromatic carbocycles. The molecule has 8 heteroatoms. The zero-order valence-electron chi connectivity index (χ0n) is 15.4. The lowest BCUT2D eigenvalue weighted by Crippen LogP contribution is -2.34. The summed E-state index contributed by atoms with van der Waals surface area (Å²) in [5.41, 5.74) is 2.68. The monoisotopic (exact) mass is 449 g/mol. The van der Waals surface area contributed by atoms with Gasteiger partial charge in [0.05, 0.1) is 4.92 Å². The normalized spacial score (nSPS) is 11.0. The second-order valence-electron chi connectivity index (χ2n) is 7.11. The van der Waals surface area contributed by atoms with Crippen LogP contribution in [-0.4, -0.2) is 15.9 Å². The second-order valence-corrected chi connectivity index (χ2v) is 8.37. The van der Waals surface area contributed by atoms with Gasteiger partial charge in [-0.05, 0) is 47.8 Å². The third-order valence-electron chi connectivity index (χ3n) is 3.95. The van der Waals surface area contributed by atoms with Gasteiger partial charge < -0.3 is 5.32 Å². The number of amides is 1. The van der Waals surface area contributed by atoms with Crippen LogP contribution in [0.15, 0.2) is 40.9 Å². The molecule has 142 valence electrons. The van der Waals surface area contributed by atoms with Gasteiger partial charge in [-0.3, -0.25) is 20.2 Å². The molecule has 2 N–H and O–H groups in total. The highest BCUT2D eigenvalue weighted by Crippen LogP contribution is 2.30. The first-order valence-corrected chi connectivity index (χ1v) is 9.36. The number of halogens is 1. The number of nitrogens with one attached hydrogen (secondary N) is 2. The summed E-state index contributed by atoms with van der Waals surface area (Å²) in [6.45, 7) is 8.06. The van der Waals surface area contributed by atoms with E-state index in [1.54, 1.807) is 25.1 Å². The van der Waals surface area contributed by atoms with Crippen LogP contribution in [0.1, 0.15) is 42.3 Å². The SMILES string of the molecule is Cc1ccc([N+](=O)[O-])cc1NC(=S)NC(=O)c1ccc(C(C)(C)C)c(Br)c1. The van der Waals surface area contributed by atoms with Gasteiger partial charge in [-0.15, -0.1) is 0 Å². The fourth-order valence-corrected chi connectivity index (χ4v) is 3.63. The smallest absolute Gasteiger partial charge is 0.271 e. The van der Waals surface area contributed by atoms with Crippen LogP contribution in [0.25, 0.3) is 0 Å². The molecular weight excluding hydrogens is 430 g/mol. The topological polar surface area (TPSA) is 84.3 Å². The second kappa shape index (κ2) is 8.14. The first kappa shape index (κ1) is 21.0. The molecule has 0 aromatic heterocycles. The van der Waals surface area contributed by atoms with Crippen molar-refractivity contribution in [2.45, 2.75) is 33.1 Å². The molecule has 27 heavy (non-hydrogen) atoms. The van der Waals surface area contributed by atoms with E-state index < -0.39 is 4.92 Å². The van der Waals surface area contributed by atoms with Crippen LogP contribution in [0.4, 0.5) is 11.4 Å². The molecule has 0 bridgehead atoms. The molecule has 0 fully saturated rings. The van der Waals surface area contributed by atoms with Crippen LogP contribution in [0.5, 0.6) is 0 Å². The predicted octanol–water partition coefficient (Wildman–Crippen LogP) is 5.09. The van der Waals surface area contributed by atoms with E-state index in [2.05, 4.69) is 47.3 Å². The summed E-state index contributed by atoms with van der Waals surface area (Å²) in [7, 11) is 0. The first-order chi connectivity index (χ1) is 12.5. The minimum absolute atomic E-state index is 0.0513. The standard InChI is InChI=1S/C19H20BrN3O3S/c1-11-5-7-13(23(25)26)10-16(11)21-18(27)22-17(24)12-6-8-14(15(20)9-12)19(2,3)4/h5-10H,1-4H3,(H2,21,22,24,27). The number of aryl methyl sites for hydroxylation is 1. The highest BCUT2D eigenvalue weighted by molar-refractivity contribution is 9.10. The van der Waals surface area contributed by atoms with Gasteiger partial charge >= 0.3 is 0 Å². The van der Waals surface area contributed by atoms with Crippen molar-refractivity contribution in [2.24, 2.45) is 0 Å². The zero-order valence-corrected chi connectivity index (χ0v) is 17.8. The van der Waals surface area contributed by atoms with Crippen LogP contribution in [0, 0.1) is 17.0 Å². The summed E-state index contributed by atoms with van der Waals surface area (Å²) in [6, 6.07) is 9.80. The highest BCUT2D eigenvalue weighted by Gasteiger charge is 2.19. The van der Waals surface area contributed by atoms with Gasteiger partial charge in [-0.1, -0.05) is 48.8 Å². The lowest BCUT2D eigenvalue weighted by molar-refractivity contribution is -0.384. The van der Waals surface area contributed by atoms with E-state index in [1.807, 2.05) is 6.07 Å². The molecule has 6 nitrogen and oxygen atoms in total. The van der Waals surface area contributed by atoms with E-state index in [9.17, 15) is 14.9 Å². The van der Waals surface area contributed by atoms with Crippen molar-refractivity contribution in [1.82, 2.24) is 5.32 Å². The lowest BCUT2D eigenvalue weighted by Gasteiger charge is -2.21. The number of nitro benzene ring substituents is 1. The van der Waals surface area contributed by atoms with Crippen LogP contribution in [-0.2, 0) is 5.41 Å². The molecule has 0 unspecified atom stereocenters. The predicted molar refractivity (Wildman–Crippen MR) is 114 cm³/mol. The molecule has 0 atom stereocenters. The Balaban J connectivity index is 2.12. The molecule has 0 heterocycles. The van der Waals surface area contributed by atoms with E-state index in [4.69, 9.17) is 12.2 Å². The number of rotatable bonds is 3. The average Bonchev–Trinajstić information content (AvgIpc) is 2.55. The molecule has 2 rings (SSSR count). The average molecular weight is 450 g/mol. The van der Waals surface area contributed by atoms with Crippen LogP contribution in [0.3, 0.4) is 0 Å². The third-order valence-corrected chi connectivity index (χ3v) is 4.81. The summed E-state index contributed by atoms with van der Waals surface area (Å²) < 4.78 is 0.844. The van der Waals surface area contributed by atoms with E-state index in [0.29, 0.717) is 11.3 Å². The Hall–Kier alpha value is -2.32. The molecule has 0 aliphatic rings. The van der Waals surface area contributed by atoms with E-state index in [1.165, 1.54) is 12.1 Å². The van der Waals surface area contributed by atoms with Crippen molar-refractivity contribution in [2.75, 3.05) is 5.32 Å². The Bertz CT molecular complexity index is 923. The fourth-order valence-electron chi connectivity index (χ4n) is 2.45. The zero-order chi connectivity index (χ0) is 20.4. The molecule has 2 aromatic rings. The maximum atomic E-state index is 12.5. The third kappa shape index (κ3) is 5.33. The van der Waals surface area contributed by atoms with Gasteiger partial charge in [0.2, 0.25) is 0 Å². The number of carbonyl (C=O) groups is 1. The minimum Gasteiger partial charge on any atom is -0.332 e.